The molecule has 0 spiro atoms. The minimum atomic E-state index is -0.504. The van der Waals surface area contributed by atoms with Crippen molar-refractivity contribution < 1.29 is 18.7 Å². The summed E-state index contributed by atoms with van der Waals surface area (Å²) in [4.78, 5) is 36.0. The number of para-hydroxylation sites is 1. The van der Waals surface area contributed by atoms with Gasteiger partial charge in [0.25, 0.3) is 11.8 Å². The SMILES string of the molecule is COc1cc(C(=O)N2C[C@H]3CC[C@@H]2[C@@H]3N)cc2nc(-c3cc4ccccc4n3CC3CC3)n(CC3CN(C(=O)c4ccccc4F)C3)c12. The van der Waals surface area contributed by atoms with Gasteiger partial charge < -0.3 is 29.4 Å². The van der Waals surface area contributed by atoms with Crippen LogP contribution in [0.4, 0.5) is 4.39 Å². The second kappa shape index (κ2) is 11.2. The zero-order valence-electron chi connectivity index (χ0n) is 27.0. The summed E-state index contributed by atoms with van der Waals surface area (Å²) >= 11 is 0. The Morgan fingerprint density at radius 1 is 0.896 bits per heavy atom. The Morgan fingerprint density at radius 3 is 2.40 bits per heavy atom. The zero-order valence-corrected chi connectivity index (χ0v) is 27.0. The van der Waals surface area contributed by atoms with Gasteiger partial charge >= 0.3 is 0 Å². The van der Waals surface area contributed by atoms with Crippen molar-refractivity contribution in [2.75, 3.05) is 26.7 Å². The Labute approximate surface area is 278 Å². The highest BCUT2D eigenvalue weighted by Gasteiger charge is 2.47. The quantitative estimate of drug-likeness (QED) is 0.239. The number of likely N-dealkylation sites (tertiary alicyclic amines) is 2. The molecule has 9 rings (SSSR count). The Bertz CT molecular complexity index is 2090. The summed E-state index contributed by atoms with van der Waals surface area (Å²) in [6.45, 7) is 3.21. The first-order chi connectivity index (χ1) is 23.4. The number of aromatic nitrogens is 3. The largest absolute Gasteiger partial charge is 0.494 e. The first-order valence-electron chi connectivity index (χ1n) is 17.1. The molecular weight excluding hydrogens is 607 g/mol. The van der Waals surface area contributed by atoms with E-state index in [1.54, 1.807) is 24.1 Å². The monoisotopic (exact) mass is 646 g/mol. The van der Waals surface area contributed by atoms with Crippen molar-refractivity contribution in [1.29, 1.82) is 0 Å². The number of benzene rings is 3. The van der Waals surface area contributed by atoms with Gasteiger partial charge in [0.1, 0.15) is 17.1 Å². The highest BCUT2D eigenvalue weighted by molar-refractivity contribution is 6.01. The normalized spacial score (nSPS) is 22.2. The number of hydrogen-bond donors (Lipinski definition) is 1. The maximum absolute atomic E-state index is 14.4. The fourth-order valence-electron chi connectivity index (χ4n) is 8.40. The molecule has 3 aromatic carbocycles. The molecule has 0 unspecified atom stereocenters. The predicted molar refractivity (Wildman–Crippen MR) is 181 cm³/mol. The molecule has 246 valence electrons. The van der Waals surface area contributed by atoms with Gasteiger partial charge in [-0.1, -0.05) is 30.3 Å². The molecule has 0 radical (unpaired) electrons. The first-order valence-corrected chi connectivity index (χ1v) is 17.1. The van der Waals surface area contributed by atoms with E-state index in [0.717, 1.165) is 41.8 Å². The molecule has 3 atom stereocenters. The predicted octanol–water partition coefficient (Wildman–Crippen LogP) is 5.55. The van der Waals surface area contributed by atoms with Crippen LogP contribution in [0.5, 0.6) is 5.75 Å². The van der Waals surface area contributed by atoms with Gasteiger partial charge in [0.2, 0.25) is 0 Å². The highest BCUT2D eigenvalue weighted by atomic mass is 19.1. The van der Waals surface area contributed by atoms with Crippen molar-refractivity contribution in [3.05, 3.63) is 83.7 Å². The summed E-state index contributed by atoms with van der Waals surface area (Å²) in [5.74, 6) is 1.71. The summed E-state index contributed by atoms with van der Waals surface area (Å²) < 4.78 is 25.0. The molecule has 48 heavy (non-hydrogen) atoms. The Morgan fingerprint density at radius 2 is 1.67 bits per heavy atom. The number of nitrogens with two attached hydrogens (primary N) is 1. The number of fused-ring (bicyclic) bond motifs is 4. The number of methoxy groups -OCH3 is 1. The van der Waals surface area contributed by atoms with Crippen molar-refractivity contribution in [3.8, 4) is 17.3 Å². The minimum Gasteiger partial charge on any atom is -0.494 e. The summed E-state index contributed by atoms with van der Waals surface area (Å²) in [5.41, 5.74) is 10.8. The van der Waals surface area contributed by atoms with E-state index in [1.165, 1.54) is 30.5 Å². The van der Waals surface area contributed by atoms with Crippen LogP contribution in [-0.2, 0) is 13.1 Å². The molecule has 2 aliphatic carbocycles. The average Bonchev–Trinajstić information content (AvgIpc) is 3.44. The molecule has 4 heterocycles. The molecule has 2 saturated heterocycles. The second-order valence-electron chi connectivity index (χ2n) is 14.2. The van der Waals surface area contributed by atoms with E-state index in [-0.39, 0.29) is 35.4 Å². The maximum atomic E-state index is 14.4. The molecule has 9 nitrogen and oxygen atoms in total. The van der Waals surface area contributed by atoms with E-state index in [4.69, 9.17) is 15.5 Å². The molecule has 2 saturated carbocycles. The lowest BCUT2D eigenvalue weighted by molar-refractivity contribution is 0.0466. The molecular formula is C38H39FN6O3. The van der Waals surface area contributed by atoms with Gasteiger partial charge in [0, 0.05) is 67.2 Å². The number of rotatable bonds is 8. The molecule has 4 fully saturated rings. The van der Waals surface area contributed by atoms with Crippen molar-refractivity contribution >= 4 is 33.8 Å². The van der Waals surface area contributed by atoms with Crippen LogP contribution in [0.2, 0.25) is 0 Å². The van der Waals surface area contributed by atoms with Crippen molar-refractivity contribution in [2.45, 2.75) is 50.9 Å². The summed E-state index contributed by atoms with van der Waals surface area (Å²) in [6.07, 6.45) is 4.46. The zero-order chi connectivity index (χ0) is 32.7. The lowest BCUT2D eigenvalue weighted by Gasteiger charge is -2.40. The van der Waals surface area contributed by atoms with Crippen LogP contribution in [-0.4, -0.2) is 74.6 Å². The van der Waals surface area contributed by atoms with Crippen LogP contribution in [0.25, 0.3) is 33.5 Å². The van der Waals surface area contributed by atoms with Crippen LogP contribution in [0.3, 0.4) is 0 Å². The molecule has 2 N–H and O–H groups in total. The summed E-state index contributed by atoms with van der Waals surface area (Å²) in [5, 5.41) is 1.15. The van der Waals surface area contributed by atoms with E-state index in [9.17, 15) is 14.0 Å². The number of piperidine rings is 1. The van der Waals surface area contributed by atoms with Gasteiger partial charge in [-0.3, -0.25) is 9.59 Å². The summed E-state index contributed by atoms with van der Waals surface area (Å²) in [6, 6.07) is 20.6. The van der Waals surface area contributed by atoms with Gasteiger partial charge in [-0.15, -0.1) is 0 Å². The fourth-order valence-corrected chi connectivity index (χ4v) is 8.40. The van der Waals surface area contributed by atoms with Crippen LogP contribution in [0.1, 0.15) is 46.4 Å². The number of carbonyl (C=O) groups excluding carboxylic acids is 2. The van der Waals surface area contributed by atoms with Crippen molar-refractivity contribution in [3.63, 3.8) is 0 Å². The fraction of sp³-hybridized carbons (Fsp3) is 0.395. The van der Waals surface area contributed by atoms with Gasteiger partial charge in [-0.25, -0.2) is 9.37 Å². The van der Waals surface area contributed by atoms with Crippen molar-refractivity contribution in [2.24, 2.45) is 23.5 Å². The van der Waals surface area contributed by atoms with Gasteiger partial charge in [-0.05, 0) is 73.9 Å². The topological polar surface area (TPSA) is 98.6 Å². The van der Waals surface area contributed by atoms with Crippen LogP contribution >= 0.6 is 0 Å². The third-order valence-corrected chi connectivity index (χ3v) is 11.2. The van der Waals surface area contributed by atoms with E-state index >= 15 is 0 Å². The Kier molecular flexibility index (Phi) is 6.86. The van der Waals surface area contributed by atoms with Crippen LogP contribution < -0.4 is 10.5 Å². The van der Waals surface area contributed by atoms with E-state index < -0.39 is 5.82 Å². The first kappa shape index (κ1) is 29.4. The van der Waals surface area contributed by atoms with Crippen LogP contribution in [0.15, 0.2) is 66.7 Å². The number of amides is 2. The number of halogens is 1. The van der Waals surface area contributed by atoms with E-state index in [0.29, 0.717) is 54.8 Å². The smallest absolute Gasteiger partial charge is 0.256 e. The second-order valence-corrected chi connectivity index (χ2v) is 14.2. The van der Waals surface area contributed by atoms with Gasteiger partial charge in [0.15, 0.2) is 5.82 Å². The number of carbonyl (C=O) groups is 2. The molecule has 2 aromatic heterocycles. The molecule has 4 aliphatic rings. The molecule has 2 amide bonds. The van der Waals surface area contributed by atoms with Crippen LogP contribution in [0, 0.1) is 23.6 Å². The minimum absolute atomic E-state index is 0.0295. The van der Waals surface area contributed by atoms with Gasteiger partial charge in [-0.2, -0.15) is 0 Å². The number of imidazole rings is 1. The number of ether oxygens (including phenoxy) is 1. The third-order valence-electron chi connectivity index (χ3n) is 11.2. The lowest BCUT2D eigenvalue weighted by atomic mass is 9.98. The average molecular weight is 647 g/mol. The Hall–Kier alpha value is -4.70. The van der Waals surface area contributed by atoms with E-state index in [2.05, 4.69) is 39.5 Å². The Balaban J connectivity index is 1.12. The molecule has 5 aromatic rings. The summed E-state index contributed by atoms with van der Waals surface area (Å²) in [7, 11) is 1.63. The third kappa shape index (κ3) is 4.71. The standard InChI is InChI=1S/C38H39FN6O3/c1-48-33-16-26(37(46)44-21-25-12-13-31(44)34(25)40)14-29-35(33)45(20-23-17-42(18-23)38(47)27-7-3-4-8-28(27)39)36(41-29)32-15-24-6-2-5-9-30(24)43(32)19-22-10-11-22/h2-9,14-16,22-23,25,31,34H,10-13,17-21,40H2,1H3/t25-,31-,34-/m1/s1. The molecule has 2 aliphatic heterocycles. The molecule has 10 heteroatoms. The number of hydrogen-bond acceptors (Lipinski definition) is 5. The number of nitrogens with zero attached hydrogens (tertiary/aromatic N) is 5. The molecule has 2 bridgehead atoms. The van der Waals surface area contributed by atoms with E-state index in [1.807, 2.05) is 17.0 Å². The highest BCUT2D eigenvalue weighted by Crippen LogP contribution is 2.41. The van der Waals surface area contributed by atoms with Crippen molar-refractivity contribution in [1.82, 2.24) is 23.9 Å². The van der Waals surface area contributed by atoms with Gasteiger partial charge in [0.05, 0.1) is 23.9 Å². The maximum Gasteiger partial charge on any atom is 0.256 e. The lowest BCUT2D eigenvalue weighted by Crippen LogP contribution is -2.51.